The number of aromatic nitrogens is 2. The highest BCUT2D eigenvalue weighted by atomic mass is 16.3. The van der Waals surface area contributed by atoms with Crippen molar-refractivity contribution in [2.75, 3.05) is 19.7 Å². The Labute approximate surface area is 130 Å². The summed E-state index contributed by atoms with van der Waals surface area (Å²) in [4.78, 5) is 2.22. The van der Waals surface area contributed by atoms with E-state index in [1.54, 1.807) is 6.20 Å². The average Bonchev–Trinajstić information content (AvgIpc) is 3.02. The molecule has 1 aliphatic rings. The fourth-order valence-electron chi connectivity index (χ4n) is 3.15. The average molecular weight is 301 g/mol. The Kier molecular flexibility index (Phi) is 4.57. The van der Waals surface area contributed by atoms with Crippen LogP contribution in [-0.4, -0.2) is 50.2 Å². The lowest BCUT2D eigenvalue weighted by molar-refractivity contribution is -0.0687. The number of hydrogen-bond donors (Lipinski definition) is 2. The molecule has 0 amide bonds. The van der Waals surface area contributed by atoms with Gasteiger partial charge in [-0.25, -0.2) is 0 Å². The Bertz CT molecular complexity index is 600. The van der Waals surface area contributed by atoms with Gasteiger partial charge in [-0.15, -0.1) is 0 Å². The van der Waals surface area contributed by atoms with Crippen molar-refractivity contribution in [3.05, 3.63) is 53.9 Å². The highest BCUT2D eigenvalue weighted by molar-refractivity contribution is 5.27. The van der Waals surface area contributed by atoms with Crippen LogP contribution in [0, 0.1) is 0 Å². The quantitative estimate of drug-likeness (QED) is 0.872. The van der Waals surface area contributed by atoms with Crippen LogP contribution in [0.2, 0.25) is 0 Å². The lowest BCUT2D eigenvalue weighted by Gasteiger charge is -2.38. The van der Waals surface area contributed by atoms with Crippen molar-refractivity contribution in [1.82, 2.24) is 14.7 Å². The molecule has 0 unspecified atom stereocenters. The maximum Gasteiger partial charge on any atom is 0.100 e. The number of piperidine rings is 1. The Morgan fingerprint density at radius 2 is 1.91 bits per heavy atom. The van der Waals surface area contributed by atoms with Gasteiger partial charge >= 0.3 is 0 Å². The zero-order valence-corrected chi connectivity index (χ0v) is 12.7. The summed E-state index contributed by atoms with van der Waals surface area (Å²) in [5.41, 5.74) is 1.54. The smallest absolute Gasteiger partial charge is 0.100 e. The second-order valence-corrected chi connectivity index (χ2v) is 6.17. The molecule has 5 heteroatoms. The third-order valence-corrected chi connectivity index (χ3v) is 4.33. The second kappa shape index (κ2) is 6.60. The molecule has 22 heavy (non-hydrogen) atoms. The maximum absolute atomic E-state index is 10.3. The van der Waals surface area contributed by atoms with Gasteiger partial charge in [0.2, 0.25) is 0 Å². The molecule has 2 N–H and O–H groups in total. The summed E-state index contributed by atoms with van der Waals surface area (Å²) in [5.74, 6) is 0. The largest absolute Gasteiger partial charge is 0.393 e. The first-order valence-electron chi connectivity index (χ1n) is 7.78. The van der Waals surface area contributed by atoms with Gasteiger partial charge in [-0.1, -0.05) is 24.3 Å². The molecule has 3 rings (SSSR count). The monoisotopic (exact) mass is 301 g/mol. The van der Waals surface area contributed by atoms with Gasteiger partial charge in [0.05, 0.1) is 13.2 Å². The maximum atomic E-state index is 10.3. The van der Waals surface area contributed by atoms with E-state index in [1.165, 1.54) is 11.1 Å². The summed E-state index contributed by atoms with van der Waals surface area (Å²) in [6.07, 6.45) is 5.34. The van der Waals surface area contributed by atoms with E-state index in [2.05, 4.69) is 22.1 Å². The number of aliphatic hydroxyl groups is 2. The standard InChI is InChI=1S/C17H23N3O2/c21-14-17(22)7-3-9-19(13-17)11-15-5-1-2-6-16(15)12-20-10-4-8-18-20/h1-2,4-6,8,10,21-22H,3,7,9,11-14H2/t17-/m1/s1. The summed E-state index contributed by atoms with van der Waals surface area (Å²) in [6.45, 7) is 2.86. The van der Waals surface area contributed by atoms with E-state index >= 15 is 0 Å². The van der Waals surface area contributed by atoms with Crippen LogP contribution in [0.15, 0.2) is 42.7 Å². The van der Waals surface area contributed by atoms with Crippen molar-refractivity contribution in [1.29, 1.82) is 0 Å². The first-order chi connectivity index (χ1) is 10.7. The SMILES string of the molecule is OC[C@@]1(O)CCCN(Cc2ccccc2Cn2cccn2)C1. The van der Waals surface area contributed by atoms with Crippen molar-refractivity contribution in [2.24, 2.45) is 0 Å². The van der Waals surface area contributed by atoms with E-state index in [-0.39, 0.29) is 6.61 Å². The van der Waals surface area contributed by atoms with Crippen LogP contribution in [0.25, 0.3) is 0 Å². The van der Waals surface area contributed by atoms with Gasteiger partial charge in [0.1, 0.15) is 5.60 Å². The molecule has 0 spiro atoms. The van der Waals surface area contributed by atoms with Crippen LogP contribution in [0.1, 0.15) is 24.0 Å². The Hall–Kier alpha value is -1.69. The summed E-state index contributed by atoms with van der Waals surface area (Å²) in [7, 11) is 0. The van der Waals surface area contributed by atoms with E-state index < -0.39 is 5.60 Å². The number of hydrogen-bond acceptors (Lipinski definition) is 4. The van der Waals surface area contributed by atoms with Gasteiger partial charge in [0, 0.05) is 25.5 Å². The molecule has 1 fully saturated rings. The van der Waals surface area contributed by atoms with Gasteiger partial charge in [-0.05, 0) is 36.6 Å². The first-order valence-corrected chi connectivity index (χ1v) is 7.78. The fraction of sp³-hybridized carbons (Fsp3) is 0.471. The van der Waals surface area contributed by atoms with Crippen LogP contribution in [-0.2, 0) is 13.1 Å². The Morgan fingerprint density at radius 3 is 2.59 bits per heavy atom. The number of aliphatic hydroxyl groups excluding tert-OH is 1. The molecule has 1 atom stereocenters. The molecule has 2 heterocycles. The lowest BCUT2D eigenvalue weighted by Crippen LogP contribution is -2.50. The van der Waals surface area contributed by atoms with Crippen LogP contribution in [0.3, 0.4) is 0 Å². The van der Waals surface area contributed by atoms with Gasteiger partial charge < -0.3 is 10.2 Å². The highest BCUT2D eigenvalue weighted by Gasteiger charge is 2.32. The van der Waals surface area contributed by atoms with Crippen molar-refractivity contribution in [3.63, 3.8) is 0 Å². The minimum atomic E-state index is -0.949. The molecular weight excluding hydrogens is 278 g/mol. The predicted molar refractivity (Wildman–Crippen MR) is 84.3 cm³/mol. The van der Waals surface area contributed by atoms with E-state index in [9.17, 15) is 10.2 Å². The summed E-state index contributed by atoms with van der Waals surface area (Å²) in [6, 6.07) is 10.3. The second-order valence-electron chi connectivity index (χ2n) is 6.17. The van der Waals surface area contributed by atoms with Gasteiger partial charge in [0.25, 0.3) is 0 Å². The van der Waals surface area contributed by atoms with Crippen molar-refractivity contribution < 1.29 is 10.2 Å². The van der Waals surface area contributed by atoms with E-state index in [1.807, 2.05) is 29.1 Å². The first kappa shape index (κ1) is 15.2. The number of likely N-dealkylation sites (tertiary alicyclic amines) is 1. The van der Waals surface area contributed by atoms with Gasteiger partial charge in [-0.3, -0.25) is 9.58 Å². The number of benzene rings is 1. The van der Waals surface area contributed by atoms with Crippen LogP contribution in [0.4, 0.5) is 0 Å². The molecule has 0 bridgehead atoms. The van der Waals surface area contributed by atoms with Crippen molar-refractivity contribution >= 4 is 0 Å². The summed E-state index contributed by atoms with van der Waals surface area (Å²) >= 11 is 0. The molecule has 0 saturated carbocycles. The molecule has 1 aromatic carbocycles. The third-order valence-electron chi connectivity index (χ3n) is 4.33. The predicted octanol–water partition coefficient (Wildman–Crippen LogP) is 1.25. The molecule has 1 aliphatic heterocycles. The Balaban J connectivity index is 1.72. The minimum absolute atomic E-state index is 0.168. The highest BCUT2D eigenvalue weighted by Crippen LogP contribution is 2.23. The molecule has 0 aliphatic carbocycles. The zero-order valence-electron chi connectivity index (χ0n) is 12.7. The molecule has 2 aromatic rings. The molecule has 5 nitrogen and oxygen atoms in total. The zero-order chi connectivity index (χ0) is 15.4. The summed E-state index contributed by atoms with van der Waals surface area (Å²) < 4.78 is 1.92. The molecule has 118 valence electrons. The van der Waals surface area contributed by atoms with E-state index in [0.29, 0.717) is 13.0 Å². The minimum Gasteiger partial charge on any atom is -0.393 e. The van der Waals surface area contributed by atoms with E-state index in [0.717, 1.165) is 26.1 Å². The number of nitrogens with zero attached hydrogens (tertiary/aromatic N) is 3. The lowest BCUT2D eigenvalue weighted by atomic mass is 9.93. The summed E-state index contributed by atoms with van der Waals surface area (Å²) in [5, 5.41) is 23.9. The number of β-amino-alcohol motifs (C(OH)–C–C–N with tert-alkyl or cyclic N) is 1. The molecule has 1 aromatic heterocycles. The molecule has 0 radical (unpaired) electrons. The fourth-order valence-corrected chi connectivity index (χ4v) is 3.15. The van der Waals surface area contributed by atoms with Gasteiger partial charge in [-0.2, -0.15) is 5.10 Å². The van der Waals surface area contributed by atoms with Crippen LogP contribution >= 0.6 is 0 Å². The van der Waals surface area contributed by atoms with E-state index in [4.69, 9.17) is 0 Å². The van der Waals surface area contributed by atoms with Crippen molar-refractivity contribution in [3.8, 4) is 0 Å². The van der Waals surface area contributed by atoms with Crippen LogP contribution < -0.4 is 0 Å². The van der Waals surface area contributed by atoms with Gasteiger partial charge in [0.15, 0.2) is 0 Å². The van der Waals surface area contributed by atoms with Crippen molar-refractivity contribution in [2.45, 2.75) is 31.5 Å². The number of rotatable bonds is 5. The molecular formula is C17H23N3O2. The normalized spacial score (nSPS) is 22.8. The Morgan fingerprint density at radius 1 is 1.14 bits per heavy atom. The topological polar surface area (TPSA) is 61.5 Å². The molecule has 1 saturated heterocycles. The van der Waals surface area contributed by atoms with Crippen LogP contribution in [0.5, 0.6) is 0 Å². The third kappa shape index (κ3) is 3.55.